The van der Waals surface area contributed by atoms with Gasteiger partial charge in [0.1, 0.15) is 18.2 Å². The number of esters is 1. The Kier molecular flexibility index (Phi) is 8.79. The number of nitrogens with zero attached hydrogens (tertiary/aromatic N) is 3. The van der Waals surface area contributed by atoms with Crippen LogP contribution in [0.3, 0.4) is 0 Å². The van der Waals surface area contributed by atoms with Crippen molar-refractivity contribution in [1.82, 2.24) is 9.55 Å². The van der Waals surface area contributed by atoms with Crippen LogP contribution >= 0.6 is 0 Å². The van der Waals surface area contributed by atoms with Crippen molar-refractivity contribution < 1.29 is 19.0 Å². The quantitative estimate of drug-likeness (QED) is 0.271. The summed E-state index contributed by atoms with van der Waals surface area (Å²) in [4.78, 5) is 19.2. The van der Waals surface area contributed by atoms with E-state index in [1.54, 1.807) is 0 Å². The van der Waals surface area contributed by atoms with Crippen LogP contribution in [0.25, 0.3) is 17.2 Å². The van der Waals surface area contributed by atoms with Crippen LogP contribution in [0.15, 0.2) is 60.4 Å². The number of aromatic nitrogens is 2. The van der Waals surface area contributed by atoms with Gasteiger partial charge in [0.15, 0.2) is 0 Å². The molecule has 0 spiro atoms. The third kappa shape index (κ3) is 6.34. The van der Waals surface area contributed by atoms with E-state index in [1.807, 2.05) is 42.2 Å². The van der Waals surface area contributed by atoms with E-state index in [2.05, 4.69) is 47.1 Å². The number of anilines is 1. The van der Waals surface area contributed by atoms with Crippen LogP contribution in [0.2, 0.25) is 0 Å². The van der Waals surface area contributed by atoms with Crippen molar-refractivity contribution in [2.24, 2.45) is 7.05 Å². The first kappa shape index (κ1) is 25.5. The Hall–Kier alpha value is -3.58. The second kappa shape index (κ2) is 12.4. The molecule has 0 radical (unpaired) electrons. The Morgan fingerprint density at radius 3 is 2.58 bits per heavy atom. The molecule has 0 amide bonds. The van der Waals surface area contributed by atoms with Crippen molar-refractivity contribution in [2.45, 2.75) is 32.7 Å². The van der Waals surface area contributed by atoms with Crippen molar-refractivity contribution in [3.05, 3.63) is 71.8 Å². The minimum atomic E-state index is -0.287. The number of unbranched alkanes of at least 4 members (excludes halogenated alkanes) is 1. The largest absolute Gasteiger partial charge is 0.491 e. The highest BCUT2D eigenvalue weighted by atomic mass is 16.5. The molecule has 190 valence electrons. The van der Waals surface area contributed by atoms with E-state index < -0.39 is 0 Å². The lowest BCUT2D eigenvalue weighted by Crippen LogP contribution is -2.26. The van der Waals surface area contributed by atoms with Crippen LogP contribution in [0, 0.1) is 0 Å². The average molecular weight is 490 g/mol. The molecule has 36 heavy (non-hydrogen) atoms. The summed E-state index contributed by atoms with van der Waals surface area (Å²) in [5.41, 5.74) is 4.88. The fourth-order valence-corrected chi connectivity index (χ4v) is 4.26. The number of imidazole rings is 1. The van der Waals surface area contributed by atoms with Crippen molar-refractivity contribution >= 4 is 17.7 Å². The van der Waals surface area contributed by atoms with Gasteiger partial charge < -0.3 is 23.7 Å². The maximum atomic E-state index is 12.4. The van der Waals surface area contributed by atoms with Crippen LogP contribution in [0.4, 0.5) is 5.69 Å². The first-order chi connectivity index (χ1) is 17.6. The Bertz CT molecular complexity index is 1180. The lowest BCUT2D eigenvalue weighted by molar-refractivity contribution is -0.136. The average Bonchev–Trinajstić information content (AvgIpc) is 3.22. The first-order valence-electron chi connectivity index (χ1n) is 12.5. The number of aryl methyl sites for hydroxylation is 1. The first-order valence-corrected chi connectivity index (χ1v) is 12.5. The van der Waals surface area contributed by atoms with Gasteiger partial charge in [-0.3, -0.25) is 0 Å². The molecular weight excluding hydrogens is 454 g/mol. The Morgan fingerprint density at radius 1 is 1.06 bits per heavy atom. The molecule has 3 aromatic rings. The summed E-state index contributed by atoms with van der Waals surface area (Å²) in [7, 11) is 3.42. The standard InChI is InChI=1S/C29H35N3O4/c1-4-5-16-35-17-18-36-26-9-6-22(7-10-26)23-8-11-27-25(19-23)20-24(29(33)34-3)12-14-32(27)21-28-30-13-15-31(28)2/h6-11,13,15,19-20H,4-5,12,14,16-18,21H2,1-3H3. The van der Waals surface area contributed by atoms with Crippen LogP contribution in [0.1, 0.15) is 37.6 Å². The number of hydrogen-bond donors (Lipinski definition) is 0. The highest BCUT2D eigenvalue weighted by molar-refractivity contribution is 5.96. The molecular formula is C29H35N3O4. The number of hydrogen-bond acceptors (Lipinski definition) is 6. The number of rotatable bonds is 11. The maximum absolute atomic E-state index is 12.4. The van der Waals surface area contributed by atoms with Crippen molar-refractivity contribution in [1.29, 1.82) is 0 Å². The number of carbonyl (C=O) groups excluding carboxylic acids is 1. The molecule has 0 saturated carbocycles. The van der Waals surface area contributed by atoms with E-state index in [-0.39, 0.29) is 5.97 Å². The summed E-state index contributed by atoms with van der Waals surface area (Å²) in [6.45, 7) is 5.42. The summed E-state index contributed by atoms with van der Waals surface area (Å²) >= 11 is 0. The topological polar surface area (TPSA) is 65.8 Å². The zero-order chi connectivity index (χ0) is 25.3. The molecule has 0 fully saturated rings. The molecule has 1 aliphatic heterocycles. The van der Waals surface area contributed by atoms with Crippen LogP contribution in [-0.2, 0) is 27.9 Å². The minimum Gasteiger partial charge on any atom is -0.491 e. The minimum absolute atomic E-state index is 0.287. The summed E-state index contributed by atoms with van der Waals surface area (Å²) in [6, 6.07) is 14.5. The molecule has 7 nitrogen and oxygen atoms in total. The second-order valence-corrected chi connectivity index (χ2v) is 8.90. The molecule has 0 bridgehead atoms. The molecule has 1 aliphatic rings. The maximum Gasteiger partial charge on any atom is 0.333 e. The predicted octanol–water partition coefficient (Wildman–Crippen LogP) is 5.25. The van der Waals surface area contributed by atoms with E-state index in [9.17, 15) is 4.79 Å². The monoisotopic (exact) mass is 489 g/mol. The lowest BCUT2D eigenvalue weighted by Gasteiger charge is -2.25. The van der Waals surface area contributed by atoms with Gasteiger partial charge in [0.05, 0.1) is 20.3 Å². The van der Waals surface area contributed by atoms with E-state index in [4.69, 9.17) is 14.2 Å². The number of carbonyl (C=O) groups is 1. The number of methoxy groups -OCH3 is 1. The molecule has 0 saturated heterocycles. The number of ether oxygens (including phenoxy) is 3. The van der Waals surface area contributed by atoms with Gasteiger partial charge in [-0.25, -0.2) is 9.78 Å². The van der Waals surface area contributed by atoms with E-state index in [0.717, 1.165) is 53.4 Å². The molecule has 7 heteroatoms. The molecule has 4 rings (SSSR count). The summed E-state index contributed by atoms with van der Waals surface area (Å²) < 4.78 is 18.4. The molecule has 2 heterocycles. The SMILES string of the molecule is CCCCOCCOc1ccc(-c2ccc3c(c2)C=C(C(=O)OC)CCN3Cc2nccn2C)cc1. The summed E-state index contributed by atoms with van der Waals surface area (Å²) in [5, 5.41) is 0. The molecule has 0 aliphatic carbocycles. The van der Waals surface area contributed by atoms with Gasteiger partial charge >= 0.3 is 5.97 Å². The number of benzene rings is 2. The van der Waals surface area contributed by atoms with Gasteiger partial charge in [0, 0.05) is 43.9 Å². The van der Waals surface area contributed by atoms with Crippen LogP contribution < -0.4 is 9.64 Å². The fourth-order valence-electron chi connectivity index (χ4n) is 4.26. The smallest absolute Gasteiger partial charge is 0.333 e. The van der Waals surface area contributed by atoms with Crippen LogP contribution in [0.5, 0.6) is 5.75 Å². The van der Waals surface area contributed by atoms with Crippen molar-refractivity contribution in [3.63, 3.8) is 0 Å². The molecule has 0 atom stereocenters. The van der Waals surface area contributed by atoms with Gasteiger partial charge in [-0.05, 0) is 59.9 Å². The van der Waals surface area contributed by atoms with Crippen molar-refractivity contribution in [3.8, 4) is 16.9 Å². The fraction of sp³-hybridized carbons (Fsp3) is 0.379. The molecule has 1 aromatic heterocycles. The second-order valence-electron chi connectivity index (χ2n) is 8.90. The molecule has 0 unspecified atom stereocenters. The normalized spacial score (nSPS) is 13.1. The highest BCUT2D eigenvalue weighted by Crippen LogP contribution is 2.34. The Labute approximate surface area is 213 Å². The Morgan fingerprint density at radius 2 is 1.86 bits per heavy atom. The van der Waals surface area contributed by atoms with Crippen molar-refractivity contribution in [2.75, 3.05) is 38.4 Å². The predicted molar refractivity (Wildman–Crippen MR) is 142 cm³/mol. The van der Waals surface area contributed by atoms with E-state index in [0.29, 0.717) is 38.3 Å². The molecule has 0 N–H and O–H groups in total. The lowest BCUT2D eigenvalue weighted by atomic mass is 10.00. The highest BCUT2D eigenvalue weighted by Gasteiger charge is 2.21. The van der Waals surface area contributed by atoms with Gasteiger partial charge in [-0.2, -0.15) is 0 Å². The Balaban J connectivity index is 1.53. The van der Waals surface area contributed by atoms with Gasteiger partial charge in [0.2, 0.25) is 0 Å². The van der Waals surface area contributed by atoms with Crippen LogP contribution in [-0.4, -0.2) is 49.0 Å². The number of fused-ring (bicyclic) bond motifs is 1. The zero-order valence-corrected chi connectivity index (χ0v) is 21.4. The summed E-state index contributed by atoms with van der Waals surface area (Å²) in [5.74, 6) is 1.50. The van der Waals surface area contributed by atoms with E-state index in [1.165, 1.54) is 7.11 Å². The molecule has 2 aromatic carbocycles. The van der Waals surface area contributed by atoms with E-state index >= 15 is 0 Å². The van der Waals surface area contributed by atoms with Gasteiger partial charge in [0.25, 0.3) is 0 Å². The zero-order valence-electron chi connectivity index (χ0n) is 21.4. The third-order valence-electron chi connectivity index (χ3n) is 6.38. The van der Waals surface area contributed by atoms with Gasteiger partial charge in [-0.15, -0.1) is 0 Å². The third-order valence-corrected chi connectivity index (χ3v) is 6.38. The van der Waals surface area contributed by atoms with Gasteiger partial charge in [-0.1, -0.05) is 31.5 Å². The summed E-state index contributed by atoms with van der Waals surface area (Å²) in [6.07, 6.45) is 8.53.